The Morgan fingerprint density at radius 2 is 1.37 bits per heavy atom. The van der Waals surface area contributed by atoms with Gasteiger partial charge in [0.1, 0.15) is 0 Å². The zero-order valence-corrected chi connectivity index (χ0v) is 25.6. The van der Waals surface area contributed by atoms with Gasteiger partial charge >= 0.3 is 0 Å². The summed E-state index contributed by atoms with van der Waals surface area (Å²) in [4.78, 5) is 21.7. The van der Waals surface area contributed by atoms with E-state index in [0.29, 0.717) is 13.0 Å². The second-order valence-corrected chi connectivity index (χ2v) is 11.2. The summed E-state index contributed by atoms with van der Waals surface area (Å²) in [5, 5.41) is 10.1. The van der Waals surface area contributed by atoms with Crippen LogP contribution in [0, 0.1) is 0 Å². The number of benzene rings is 4. The van der Waals surface area contributed by atoms with Gasteiger partial charge in [0.25, 0.3) is 0 Å². The first-order valence-corrected chi connectivity index (χ1v) is 15.3. The highest BCUT2D eigenvalue weighted by molar-refractivity contribution is 7.80. The van der Waals surface area contributed by atoms with Crippen molar-refractivity contribution in [3.8, 4) is 0 Å². The Labute approximate surface area is 264 Å². The molecule has 2 heterocycles. The van der Waals surface area contributed by atoms with E-state index in [1.165, 1.54) is 5.56 Å². The summed E-state index contributed by atoms with van der Waals surface area (Å²) >= 11 is 10.1. The summed E-state index contributed by atoms with van der Waals surface area (Å²) in [6, 6.07) is 39.9. The van der Waals surface area contributed by atoms with Gasteiger partial charge in [0.15, 0.2) is 5.11 Å². The summed E-state index contributed by atoms with van der Waals surface area (Å²) in [5.74, 6) is 0.186. The first-order chi connectivity index (χ1) is 21.1. The van der Waals surface area contributed by atoms with Crippen molar-refractivity contribution >= 4 is 52.0 Å². The SMILES string of the molecule is O=C1C(Cc2ccccc2)NC2(CCN(C(=S)Nc3ccccc3)CC2)N1Cc1ccccc1.S=C=Nc1ccccc1. The lowest BCUT2D eigenvalue weighted by Crippen LogP contribution is -2.59. The normalized spacial score (nSPS) is 17.0. The monoisotopic (exact) mass is 605 g/mol. The van der Waals surface area contributed by atoms with Crippen molar-refractivity contribution in [2.75, 3.05) is 18.4 Å². The van der Waals surface area contributed by atoms with Gasteiger partial charge in [0.05, 0.1) is 22.6 Å². The minimum Gasteiger partial charge on any atom is -0.349 e. The van der Waals surface area contributed by atoms with Crippen LogP contribution in [0.5, 0.6) is 0 Å². The number of rotatable bonds is 6. The average Bonchev–Trinajstić information content (AvgIpc) is 3.29. The third-order valence-corrected chi connectivity index (χ3v) is 8.28. The lowest BCUT2D eigenvalue weighted by Gasteiger charge is -2.45. The van der Waals surface area contributed by atoms with E-state index in [4.69, 9.17) is 12.2 Å². The number of hydrogen-bond acceptors (Lipinski definition) is 5. The van der Waals surface area contributed by atoms with Gasteiger partial charge in [-0.15, -0.1) is 0 Å². The van der Waals surface area contributed by atoms with Crippen LogP contribution in [0.3, 0.4) is 0 Å². The fourth-order valence-electron chi connectivity index (χ4n) is 5.62. The van der Waals surface area contributed by atoms with Crippen molar-refractivity contribution < 1.29 is 4.79 Å². The molecule has 0 aromatic heterocycles. The van der Waals surface area contributed by atoms with Crippen LogP contribution in [0.15, 0.2) is 126 Å². The Bertz CT molecular complexity index is 1520. The molecule has 1 spiro atoms. The van der Waals surface area contributed by atoms with Crippen molar-refractivity contribution in [1.29, 1.82) is 0 Å². The molecule has 0 saturated carbocycles. The Morgan fingerprint density at radius 1 is 0.837 bits per heavy atom. The Kier molecular flexibility index (Phi) is 10.4. The molecule has 4 aromatic carbocycles. The maximum absolute atomic E-state index is 13.7. The fourth-order valence-corrected chi connectivity index (χ4v) is 6.03. The number of thiocarbonyl (C=S) groups is 2. The van der Waals surface area contributed by atoms with Gasteiger partial charge in [0.2, 0.25) is 5.91 Å². The molecule has 0 bridgehead atoms. The van der Waals surface area contributed by atoms with Crippen LogP contribution in [0.25, 0.3) is 0 Å². The standard InChI is InChI=1S/C28H30N4OS.C7H5NS/c33-26-25(20-22-10-4-1-5-11-22)30-28(32(26)21-23-12-6-2-7-13-23)16-18-31(19-17-28)27(34)29-24-14-8-3-9-15-24;9-6-8-7-4-2-1-3-5-7/h1-15,25,30H,16-21H2,(H,29,34);1-5H. The Balaban J connectivity index is 0.000000351. The number of likely N-dealkylation sites (tertiary alicyclic amines) is 1. The van der Waals surface area contributed by atoms with Crippen LogP contribution in [0.1, 0.15) is 24.0 Å². The van der Waals surface area contributed by atoms with Gasteiger partial charge in [-0.2, -0.15) is 4.99 Å². The van der Waals surface area contributed by atoms with Crippen LogP contribution in [-0.4, -0.2) is 50.8 Å². The van der Waals surface area contributed by atoms with Crippen LogP contribution in [0.2, 0.25) is 0 Å². The molecule has 2 aliphatic rings. The molecule has 6 rings (SSSR count). The van der Waals surface area contributed by atoms with Crippen molar-refractivity contribution in [3.63, 3.8) is 0 Å². The predicted octanol–water partition coefficient (Wildman–Crippen LogP) is 6.84. The van der Waals surface area contributed by atoms with Gasteiger partial charge in [0, 0.05) is 38.2 Å². The van der Waals surface area contributed by atoms with Crippen LogP contribution in [0.4, 0.5) is 11.4 Å². The number of aliphatic imine (C=N–C) groups is 1. The zero-order chi connectivity index (χ0) is 29.9. The molecule has 2 aliphatic heterocycles. The summed E-state index contributed by atoms with van der Waals surface area (Å²) in [5.41, 5.74) is 3.82. The van der Waals surface area contributed by atoms with E-state index in [-0.39, 0.29) is 17.6 Å². The maximum atomic E-state index is 13.7. The summed E-state index contributed by atoms with van der Waals surface area (Å²) < 4.78 is 0. The highest BCUT2D eigenvalue weighted by atomic mass is 32.1. The van der Waals surface area contributed by atoms with Crippen LogP contribution >= 0.6 is 24.4 Å². The highest BCUT2D eigenvalue weighted by Gasteiger charge is 2.51. The van der Waals surface area contributed by atoms with Crippen molar-refractivity contribution in [3.05, 3.63) is 132 Å². The van der Waals surface area contributed by atoms with Gasteiger partial charge in [-0.05, 0) is 66.2 Å². The zero-order valence-electron chi connectivity index (χ0n) is 23.9. The molecule has 2 fully saturated rings. The van der Waals surface area contributed by atoms with E-state index in [2.05, 4.69) is 67.1 Å². The van der Waals surface area contributed by atoms with E-state index in [0.717, 1.165) is 48.0 Å². The largest absolute Gasteiger partial charge is 0.349 e. The number of piperidine rings is 1. The number of hydrogen-bond donors (Lipinski definition) is 2. The lowest BCUT2D eigenvalue weighted by molar-refractivity contribution is -0.134. The summed E-state index contributed by atoms with van der Waals surface area (Å²) in [6.07, 6.45) is 2.35. The quantitative estimate of drug-likeness (QED) is 0.185. The minimum atomic E-state index is -0.356. The molecule has 2 N–H and O–H groups in total. The molecule has 0 radical (unpaired) electrons. The molecule has 8 heteroatoms. The molecule has 1 amide bonds. The first kappa shape index (κ1) is 30.3. The third kappa shape index (κ3) is 8.00. The highest BCUT2D eigenvalue weighted by Crippen LogP contribution is 2.35. The Hall–Kier alpha value is -4.20. The maximum Gasteiger partial charge on any atom is 0.241 e. The number of nitrogens with one attached hydrogen (secondary N) is 2. The number of amides is 1. The van der Waals surface area contributed by atoms with Gasteiger partial charge in [-0.25, -0.2) is 0 Å². The molecule has 218 valence electrons. The van der Waals surface area contributed by atoms with Gasteiger partial charge in [-0.1, -0.05) is 97.1 Å². The first-order valence-electron chi connectivity index (χ1n) is 14.5. The molecule has 2 saturated heterocycles. The number of isothiocyanates is 1. The molecule has 1 unspecified atom stereocenters. The molecule has 0 aliphatic carbocycles. The number of carbonyl (C=O) groups is 1. The predicted molar refractivity (Wildman–Crippen MR) is 181 cm³/mol. The Morgan fingerprint density at radius 3 is 1.95 bits per heavy atom. The molecule has 4 aromatic rings. The average molecular weight is 606 g/mol. The smallest absolute Gasteiger partial charge is 0.241 e. The van der Waals surface area contributed by atoms with Crippen molar-refractivity contribution in [2.45, 2.75) is 37.5 Å². The lowest BCUT2D eigenvalue weighted by atomic mass is 9.95. The van der Waals surface area contributed by atoms with Crippen molar-refractivity contribution in [2.24, 2.45) is 4.99 Å². The van der Waals surface area contributed by atoms with Crippen LogP contribution < -0.4 is 10.6 Å². The minimum absolute atomic E-state index is 0.186. The fraction of sp³-hybridized carbons (Fsp3) is 0.229. The second-order valence-electron chi connectivity index (χ2n) is 10.7. The van der Waals surface area contributed by atoms with E-state index >= 15 is 0 Å². The number of anilines is 1. The molecular weight excluding hydrogens is 571 g/mol. The topological polar surface area (TPSA) is 60.0 Å². The second kappa shape index (κ2) is 14.8. The number of nitrogens with zero attached hydrogens (tertiary/aromatic N) is 3. The van der Waals surface area contributed by atoms with E-state index in [9.17, 15) is 4.79 Å². The van der Waals surface area contributed by atoms with E-state index in [1.807, 2.05) is 97.1 Å². The molecule has 6 nitrogen and oxygen atoms in total. The number of carbonyl (C=O) groups excluding carboxylic acids is 1. The molecule has 1 atom stereocenters. The van der Waals surface area contributed by atoms with E-state index in [1.54, 1.807) is 0 Å². The van der Waals surface area contributed by atoms with Gasteiger partial charge in [-0.3, -0.25) is 10.1 Å². The summed E-state index contributed by atoms with van der Waals surface area (Å²) in [6.45, 7) is 2.20. The molecular formula is C35H35N5OS2. The van der Waals surface area contributed by atoms with Crippen molar-refractivity contribution in [1.82, 2.24) is 15.1 Å². The van der Waals surface area contributed by atoms with Crippen LogP contribution in [-0.2, 0) is 17.8 Å². The number of para-hydroxylation sites is 2. The molecule has 43 heavy (non-hydrogen) atoms. The van der Waals surface area contributed by atoms with Gasteiger partial charge < -0.3 is 15.1 Å². The summed E-state index contributed by atoms with van der Waals surface area (Å²) in [7, 11) is 0. The third-order valence-electron chi connectivity index (χ3n) is 7.82. The van der Waals surface area contributed by atoms with E-state index < -0.39 is 0 Å².